The molecule has 0 aliphatic carbocycles. The third-order valence-corrected chi connectivity index (χ3v) is 8.41. The minimum absolute atomic E-state index is 0.00279. The minimum atomic E-state index is -0.823. The summed E-state index contributed by atoms with van der Waals surface area (Å²) in [6.45, 7) is 3.03. The average Bonchev–Trinajstić information content (AvgIpc) is 3.71. The van der Waals surface area contributed by atoms with E-state index in [2.05, 4.69) is 10.2 Å². The minimum Gasteiger partial charge on any atom is -0.496 e. The van der Waals surface area contributed by atoms with Gasteiger partial charge in [-0.3, -0.25) is 18.7 Å². The molecule has 0 N–H and O–H groups in total. The van der Waals surface area contributed by atoms with Gasteiger partial charge in [-0.2, -0.15) is 10.2 Å². The van der Waals surface area contributed by atoms with Gasteiger partial charge in [-0.15, -0.1) is 4.80 Å². The van der Waals surface area contributed by atoms with Crippen LogP contribution in [0.2, 0.25) is 0 Å². The molecule has 0 bridgehead atoms. The molecule has 41 heavy (non-hydrogen) atoms. The van der Waals surface area contributed by atoms with Crippen LogP contribution < -0.4 is 16.0 Å². The van der Waals surface area contributed by atoms with Crippen molar-refractivity contribution < 1.29 is 23.4 Å². The molecule has 1 aliphatic heterocycles. The van der Waals surface area contributed by atoms with Crippen LogP contribution in [-0.4, -0.2) is 75.5 Å². The Hall–Kier alpha value is -3.88. The second-order valence-corrected chi connectivity index (χ2v) is 10.6. The Labute approximate surface area is 238 Å². The molecule has 1 atom stereocenters. The van der Waals surface area contributed by atoms with E-state index in [4.69, 9.17) is 14.2 Å². The van der Waals surface area contributed by atoms with Gasteiger partial charge in [-0.05, 0) is 31.5 Å². The fraction of sp³-hybridized carbons (Fsp3) is 0.444. The summed E-state index contributed by atoms with van der Waals surface area (Å²) in [6.07, 6.45) is 3.43. The van der Waals surface area contributed by atoms with Gasteiger partial charge in [-0.1, -0.05) is 11.3 Å². The first kappa shape index (κ1) is 28.6. The number of aryl methyl sites for hydroxylation is 1. The number of carbonyl (C=O) groups is 1. The van der Waals surface area contributed by atoms with Gasteiger partial charge in [-0.25, -0.2) is 9.18 Å². The van der Waals surface area contributed by atoms with Gasteiger partial charge < -0.3 is 19.1 Å². The molecule has 218 valence electrons. The van der Waals surface area contributed by atoms with E-state index in [9.17, 15) is 18.8 Å². The molecule has 1 aliphatic rings. The highest BCUT2D eigenvalue weighted by Crippen LogP contribution is 2.33. The van der Waals surface area contributed by atoms with Gasteiger partial charge >= 0.3 is 5.69 Å². The highest BCUT2D eigenvalue weighted by molar-refractivity contribution is 7.21. The number of rotatable bonds is 12. The number of nitrogens with zero attached hydrogens (tertiary/aromatic N) is 6. The standard InChI is InChI=1S/C27H31FN6O6S/c1-17-23-24(36)32(12-11-31-10-4-5-22(31)35)27(37)33(26(23)41-25(17)34-29-8-9-30-34)16-21(40-14-13-38-2)19-15-18(28)6-7-20(19)39-3/h6-9,15,21H,4-5,10-14,16H2,1-3H3. The number of hydrogen-bond acceptors (Lipinski definition) is 9. The number of methoxy groups -OCH3 is 2. The number of fused-ring (bicyclic) bond motifs is 1. The predicted octanol–water partition coefficient (Wildman–Crippen LogP) is 2.29. The quantitative estimate of drug-likeness (QED) is 0.232. The van der Waals surface area contributed by atoms with Crippen molar-refractivity contribution in [1.29, 1.82) is 0 Å². The number of hydrogen-bond donors (Lipinski definition) is 0. The molecule has 1 fully saturated rings. The molecule has 1 amide bonds. The Bertz CT molecular complexity index is 1660. The summed E-state index contributed by atoms with van der Waals surface area (Å²) in [5.74, 6) is -0.0938. The number of halogens is 1. The maximum Gasteiger partial charge on any atom is 0.332 e. The second kappa shape index (κ2) is 12.3. The van der Waals surface area contributed by atoms with Gasteiger partial charge in [0.25, 0.3) is 5.56 Å². The zero-order valence-electron chi connectivity index (χ0n) is 23.0. The lowest BCUT2D eigenvalue weighted by Gasteiger charge is -2.23. The van der Waals surface area contributed by atoms with E-state index in [0.717, 1.165) is 11.0 Å². The van der Waals surface area contributed by atoms with E-state index in [-0.39, 0.29) is 38.8 Å². The molecule has 0 radical (unpaired) electrons. The molecule has 5 rings (SSSR count). The van der Waals surface area contributed by atoms with E-state index in [1.54, 1.807) is 11.8 Å². The molecule has 0 saturated carbocycles. The van der Waals surface area contributed by atoms with Crippen molar-refractivity contribution >= 4 is 27.5 Å². The SMILES string of the molecule is COCCOC(Cn1c(=O)n(CCN2CCCC2=O)c(=O)c2c(C)c(-n3nccn3)sc21)c1cc(F)ccc1OC. The molecule has 3 aromatic heterocycles. The molecule has 4 heterocycles. The van der Waals surface area contributed by atoms with E-state index < -0.39 is 23.2 Å². The molecule has 4 aromatic rings. The summed E-state index contributed by atoms with van der Waals surface area (Å²) in [7, 11) is 3.01. The zero-order chi connectivity index (χ0) is 29.1. The van der Waals surface area contributed by atoms with E-state index >= 15 is 0 Å². The first-order chi connectivity index (χ1) is 19.8. The van der Waals surface area contributed by atoms with E-state index in [1.165, 1.54) is 65.5 Å². The van der Waals surface area contributed by atoms with Crippen LogP contribution in [0.25, 0.3) is 15.2 Å². The van der Waals surface area contributed by atoms with Crippen molar-refractivity contribution in [2.45, 2.75) is 39.0 Å². The number of carbonyl (C=O) groups excluding carboxylic acids is 1. The maximum atomic E-state index is 14.4. The molecule has 1 saturated heterocycles. The fourth-order valence-corrected chi connectivity index (χ4v) is 6.27. The summed E-state index contributed by atoms with van der Waals surface area (Å²) in [4.78, 5) is 43.5. The van der Waals surface area contributed by atoms with Crippen LogP contribution in [0.5, 0.6) is 5.75 Å². The first-order valence-electron chi connectivity index (χ1n) is 13.2. The molecule has 1 aromatic carbocycles. The Kier molecular flexibility index (Phi) is 8.61. The Morgan fingerprint density at radius 3 is 2.54 bits per heavy atom. The van der Waals surface area contributed by atoms with Gasteiger partial charge in [0, 0.05) is 44.3 Å². The van der Waals surface area contributed by atoms with E-state index in [0.29, 0.717) is 45.1 Å². The third-order valence-electron chi connectivity index (χ3n) is 7.13. The van der Waals surface area contributed by atoms with Crippen LogP contribution in [0.4, 0.5) is 4.39 Å². The molecule has 12 nitrogen and oxygen atoms in total. The normalized spacial score (nSPS) is 14.3. The second-order valence-electron chi connectivity index (χ2n) is 9.60. The van der Waals surface area contributed by atoms with Crippen molar-refractivity contribution in [3.05, 3.63) is 68.4 Å². The average molecular weight is 587 g/mol. The summed E-state index contributed by atoms with van der Waals surface area (Å²) in [5.41, 5.74) is 0.00349. The monoisotopic (exact) mass is 586 g/mol. The summed E-state index contributed by atoms with van der Waals surface area (Å²) in [5, 5.41) is 9.36. The van der Waals surface area contributed by atoms with Crippen LogP contribution in [0.1, 0.15) is 30.1 Å². The molecular weight excluding hydrogens is 555 g/mol. The summed E-state index contributed by atoms with van der Waals surface area (Å²) < 4.78 is 33.8. The van der Waals surface area contributed by atoms with Gasteiger partial charge in [0.1, 0.15) is 27.5 Å². The molecule has 14 heteroatoms. The number of likely N-dealkylation sites (tertiary alicyclic amines) is 1. The van der Waals surface area contributed by atoms with Crippen LogP contribution >= 0.6 is 11.3 Å². The highest BCUT2D eigenvalue weighted by atomic mass is 32.1. The molecule has 1 unspecified atom stereocenters. The number of aromatic nitrogens is 5. The van der Waals surface area contributed by atoms with Crippen molar-refractivity contribution in [3.8, 4) is 10.8 Å². The van der Waals surface area contributed by atoms with Crippen molar-refractivity contribution in [2.75, 3.05) is 40.5 Å². The Morgan fingerprint density at radius 2 is 1.85 bits per heavy atom. The molecule has 0 spiro atoms. The predicted molar refractivity (Wildman–Crippen MR) is 149 cm³/mol. The number of ether oxygens (including phenoxy) is 3. The lowest BCUT2D eigenvalue weighted by molar-refractivity contribution is -0.127. The summed E-state index contributed by atoms with van der Waals surface area (Å²) >= 11 is 1.21. The molecular formula is C27H31FN6O6S. The van der Waals surface area contributed by atoms with Gasteiger partial charge in [0.2, 0.25) is 5.91 Å². The zero-order valence-corrected chi connectivity index (χ0v) is 23.9. The van der Waals surface area contributed by atoms with Crippen LogP contribution in [0.3, 0.4) is 0 Å². The topological polar surface area (TPSA) is 123 Å². The van der Waals surface area contributed by atoms with Crippen molar-refractivity contribution in [2.24, 2.45) is 0 Å². The Balaban J connectivity index is 1.66. The van der Waals surface area contributed by atoms with Crippen LogP contribution in [0, 0.1) is 12.7 Å². The van der Waals surface area contributed by atoms with Gasteiger partial charge in [0.05, 0.1) is 44.6 Å². The van der Waals surface area contributed by atoms with Gasteiger partial charge in [0.15, 0.2) is 0 Å². The van der Waals surface area contributed by atoms with Crippen molar-refractivity contribution in [1.82, 2.24) is 29.0 Å². The lowest BCUT2D eigenvalue weighted by atomic mass is 10.1. The maximum absolute atomic E-state index is 14.4. The fourth-order valence-electron chi connectivity index (χ4n) is 5.05. The number of benzene rings is 1. The number of amides is 1. The third kappa shape index (κ3) is 5.67. The lowest BCUT2D eigenvalue weighted by Crippen LogP contribution is -2.43. The van der Waals surface area contributed by atoms with Crippen molar-refractivity contribution in [3.63, 3.8) is 0 Å². The summed E-state index contributed by atoms with van der Waals surface area (Å²) in [6, 6.07) is 4.09. The van der Waals surface area contributed by atoms with Crippen LogP contribution in [0.15, 0.2) is 40.2 Å². The first-order valence-corrected chi connectivity index (χ1v) is 14.0. The smallest absolute Gasteiger partial charge is 0.332 e. The Morgan fingerprint density at radius 1 is 1.07 bits per heavy atom. The van der Waals surface area contributed by atoms with Crippen LogP contribution in [-0.2, 0) is 27.4 Å². The van der Waals surface area contributed by atoms with E-state index in [1.807, 2.05) is 0 Å². The largest absolute Gasteiger partial charge is 0.496 e. The number of thiophene rings is 1. The highest BCUT2D eigenvalue weighted by Gasteiger charge is 2.27.